The summed E-state index contributed by atoms with van der Waals surface area (Å²) in [5, 5.41) is 11.2. The highest BCUT2D eigenvalue weighted by Gasteiger charge is 2.22. The molecule has 0 saturated carbocycles. The summed E-state index contributed by atoms with van der Waals surface area (Å²) in [6.07, 6.45) is 2.53. The van der Waals surface area contributed by atoms with Crippen LogP contribution in [0.5, 0.6) is 0 Å². The highest BCUT2D eigenvalue weighted by molar-refractivity contribution is 5.77. The lowest BCUT2D eigenvalue weighted by molar-refractivity contribution is -0.136. The van der Waals surface area contributed by atoms with Crippen LogP contribution in [0.2, 0.25) is 0 Å². The van der Waals surface area contributed by atoms with Gasteiger partial charge < -0.3 is 15.3 Å². The monoisotopic (exact) mass is 290 g/mol. The molecule has 0 aromatic heterocycles. The Balaban J connectivity index is 1.87. The van der Waals surface area contributed by atoms with Gasteiger partial charge in [-0.2, -0.15) is 0 Å². The number of rotatable bonds is 6. The SMILES string of the molecule is C[C@H]1CCc2ccccc2N1CCC(=O)NCCC(=O)O. The zero-order valence-electron chi connectivity index (χ0n) is 12.3. The molecule has 0 spiro atoms. The molecule has 0 saturated heterocycles. The predicted octanol–water partition coefficient (Wildman–Crippen LogP) is 1.81. The van der Waals surface area contributed by atoms with E-state index in [0.29, 0.717) is 19.0 Å². The Morgan fingerprint density at radius 1 is 1.33 bits per heavy atom. The van der Waals surface area contributed by atoms with Crippen molar-refractivity contribution in [1.29, 1.82) is 0 Å². The fourth-order valence-corrected chi connectivity index (χ4v) is 2.72. The lowest BCUT2D eigenvalue weighted by Gasteiger charge is -2.37. The number of aliphatic carboxylic acids is 1. The van der Waals surface area contributed by atoms with E-state index >= 15 is 0 Å². The van der Waals surface area contributed by atoms with Crippen LogP contribution in [0, 0.1) is 0 Å². The van der Waals surface area contributed by atoms with Gasteiger partial charge in [0.05, 0.1) is 6.42 Å². The van der Waals surface area contributed by atoms with E-state index in [1.54, 1.807) is 0 Å². The van der Waals surface area contributed by atoms with Gasteiger partial charge in [0.2, 0.25) is 5.91 Å². The first-order chi connectivity index (χ1) is 10.1. The number of carbonyl (C=O) groups is 2. The largest absolute Gasteiger partial charge is 0.481 e. The van der Waals surface area contributed by atoms with Gasteiger partial charge in [0.25, 0.3) is 0 Å². The summed E-state index contributed by atoms with van der Waals surface area (Å²) < 4.78 is 0. The summed E-state index contributed by atoms with van der Waals surface area (Å²) in [6, 6.07) is 8.74. The van der Waals surface area contributed by atoms with Crippen molar-refractivity contribution in [3.05, 3.63) is 29.8 Å². The first-order valence-electron chi connectivity index (χ1n) is 7.41. The molecule has 1 amide bonds. The second-order valence-corrected chi connectivity index (χ2v) is 5.45. The van der Waals surface area contributed by atoms with Crippen molar-refractivity contribution in [3.8, 4) is 0 Å². The molecule has 0 unspecified atom stereocenters. The zero-order chi connectivity index (χ0) is 15.2. The fraction of sp³-hybridized carbons (Fsp3) is 0.500. The Hall–Kier alpha value is -2.04. The molecule has 5 heteroatoms. The minimum Gasteiger partial charge on any atom is -0.481 e. The number of aryl methyl sites for hydroxylation is 1. The molecule has 5 nitrogen and oxygen atoms in total. The summed E-state index contributed by atoms with van der Waals surface area (Å²) in [5.74, 6) is -0.986. The Bertz CT molecular complexity index is 516. The quantitative estimate of drug-likeness (QED) is 0.838. The fourth-order valence-electron chi connectivity index (χ4n) is 2.72. The van der Waals surface area contributed by atoms with E-state index in [0.717, 1.165) is 12.8 Å². The molecule has 1 atom stereocenters. The molecule has 0 fully saturated rings. The first-order valence-corrected chi connectivity index (χ1v) is 7.41. The first kappa shape index (κ1) is 15.4. The van der Waals surface area contributed by atoms with E-state index in [2.05, 4.69) is 29.3 Å². The Labute approximate surface area is 125 Å². The topological polar surface area (TPSA) is 69.6 Å². The zero-order valence-corrected chi connectivity index (χ0v) is 12.3. The van der Waals surface area contributed by atoms with Gasteiger partial charge in [-0.15, -0.1) is 0 Å². The van der Waals surface area contributed by atoms with E-state index in [4.69, 9.17) is 5.11 Å². The number of carboxylic acid groups (broad SMARTS) is 1. The summed E-state index contributed by atoms with van der Waals surface area (Å²) >= 11 is 0. The number of nitrogens with one attached hydrogen (secondary N) is 1. The molecule has 1 aromatic rings. The minimum absolute atomic E-state index is 0.0330. The van der Waals surface area contributed by atoms with Gasteiger partial charge in [-0.25, -0.2) is 0 Å². The van der Waals surface area contributed by atoms with Crippen LogP contribution in [-0.4, -0.2) is 36.1 Å². The van der Waals surface area contributed by atoms with Crippen molar-refractivity contribution in [2.45, 2.75) is 38.6 Å². The van der Waals surface area contributed by atoms with Crippen LogP contribution in [0.1, 0.15) is 31.7 Å². The highest BCUT2D eigenvalue weighted by atomic mass is 16.4. The summed E-state index contributed by atoms with van der Waals surface area (Å²) in [4.78, 5) is 24.4. The Morgan fingerprint density at radius 2 is 2.10 bits per heavy atom. The maximum Gasteiger partial charge on any atom is 0.305 e. The molecule has 2 N–H and O–H groups in total. The van der Waals surface area contributed by atoms with Crippen molar-refractivity contribution >= 4 is 17.6 Å². The lowest BCUT2D eigenvalue weighted by Crippen LogP contribution is -2.40. The molecule has 1 aliphatic rings. The number of nitrogens with zero attached hydrogens (tertiary/aromatic N) is 1. The van der Waals surface area contributed by atoms with Gasteiger partial charge in [-0.05, 0) is 31.4 Å². The molecule has 1 aliphatic heterocycles. The number of fused-ring (bicyclic) bond motifs is 1. The smallest absolute Gasteiger partial charge is 0.305 e. The van der Waals surface area contributed by atoms with Crippen LogP contribution in [0.25, 0.3) is 0 Å². The number of amides is 1. The Morgan fingerprint density at radius 3 is 2.86 bits per heavy atom. The highest BCUT2D eigenvalue weighted by Crippen LogP contribution is 2.30. The standard InChI is InChI=1S/C16H22N2O3/c1-12-6-7-13-4-2-3-5-14(13)18(12)11-9-15(19)17-10-8-16(20)21/h2-5,12H,6-11H2,1H3,(H,17,19)(H,20,21)/t12-/m0/s1. The number of para-hydroxylation sites is 1. The molecule has 2 rings (SSSR count). The summed E-state index contributed by atoms with van der Waals surface area (Å²) in [7, 11) is 0. The van der Waals surface area contributed by atoms with Gasteiger partial charge in [-0.3, -0.25) is 9.59 Å². The average Bonchev–Trinajstić information content (AvgIpc) is 2.46. The molecular formula is C16H22N2O3. The van der Waals surface area contributed by atoms with Crippen LogP contribution in [0.15, 0.2) is 24.3 Å². The summed E-state index contributed by atoms with van der Waals surface area (Å²) in [6.45, 7) is 3.04. The van der Waals surface area contributed by atoms with Gasteiger partial charge >= 0.3 is 5.97 Å². The van der Waals surface area contributed by atoms with Gasteiger partial charge in [-0.1, -0.05) is 18.2 Å². The predicted molar refractivity (Wildman–Crippen MR) is 81.5 cm³/mol. The second kappa shape index (κ2) is 7.11. The molecule has 0 aliphatic carbocycles. The van der Waals surface area contributed by atoms with E-state index < -0.39 is 5.97 Å². The van der Waals surface area contributed by atoms with Crippen LogP contribution >= 0.6 is 0 Å². The second-order valence-electron chi connectivity index (χ2n) is 5.45. The van der Waals surface area contributed by atoms with E-state index in [1.807, 2.05) is 12.1 Å². The molecule has 0 bridgehead atoms. The van der Waals surface area contributed by atoms with Crippen molar-refractivity contribution in [2.75, 3.05) is 18.0 Å². The maximum absolute atomic E-state index is 11.8. The number of hydrogen-bond acceptors (Lipinski definition) is 3. The number of benzene rings is 1. The van der Waals surface area contributed by atoms with Crippen molar-refractivity contribution in [2.24, 2.45) is 0 Å². The Kier molecular flexibility index (Phi) is 5.20. The van der Waals surface area contributed by atoms with Crippen molar-refractivity contribution in [1.82, 2.24) is 5.32 Å². The van der Waals surface area contributed by atoms with Crippen molar-refractivity contribution in [3.63, 3.8) is 0 Å². The third kappa shape index (κ3) is 4.21. The average molecular weight is 290 g/mol. The summed E-state index contributed by atoms with van der Waals surface area (Å²) in [5.41, 5.74) is 2.55. The maximum atomic E-state index is 11.8. The van der Waals surface area contributed by atoms with Crippen molar-refractivity contribution < 1.29 is 14.7 Å². The number of carboxylic acids is 1. The molecule has 1 aromatic carbocycles. The minimum atomic E-state index is -0.895. The molecule has 21 heavy (non-hydrogen) atoms. The van der Waals surface area contributed by atoms with Crippen LogP contribution in [0.3, 0.4) is 0 Å². The van der Waals surface area contributed by atoms with Gasteiger partial charge in [0, 0.05) is 31.2 Å². The van der Waals surface area contributed by atoms with E-state index in [9.17, 15) is 9.59 Å². The molecular weight excluding hydrogens is 268 g/mol. The number of anilines is 1. The lowest BCUT2D eigenvalue weighted by atomic mass is 9.96. The third-order valence-corrected chi connectivity index (χ3v) is 3.91. The van der Waals surface area contributed by atoms with Gasteiger partial charge in [0.1, 0.15) is 0 Å². The van der Waals surface area contributed by atoms with Crippen LogP contribution in [0.4, 0.5) is 5.69 Å². The number of carbonyl (C=O) groups excluding carboxylic acids is 1. The van der Waals surface area contributed by atoms with E-state index in [1.165, 1.54) is 11.3 Å². The molecule has 1 heterocycles. The number of hydrogen-bond donors (Lipinski definition) is 2. The van der Waals surface area contributed by atoms with Crippen LogP contribution in [-0.2, 0) is 16.0 Å². The van der Waals surface area contributed by atoms with E-state index in [-0.39, 0.29) is 18.9 Å². The molecule has 114 valence electrons. The van der Waals surface area contributed by atoms with Crippen LogP contribution < -0.4 is 10.2 Å². The third-order valence-electron chi connectivity index (χ3n) is 3.91. The normalized spacial score (nSPS) is 17.2. The molecule has 0 radical (unpaired) electrons. The van der Waals surface area contributed by atoms with Gasteiger partial charge in [0.15, 0.2) is 0 Å².